The Kier molecular flexibility index (Phi) is 4.46. The number of carbonyl (C=O) groups is 1. The molecule has 8 heteroatoms. The van der Waals surface area contributed by atoms with Gasteiger partial charge in [-0.05, 0) is 23.8 Å². The fraction of sp³-hybridized carbons (Fsp3) is 0.231. The van der Waals surface area contributed by atoms with Gasteiger partial charge in [-0.3, -0.25) is 9.48 Å². The minimum Gasteiger partial charge on any atom is -0.406 e. The maximum Gasteiger partial charge on any atom is 0.573 e. The lowest BCUT2D eigenvalue weighted by atomic mass is 10.2. The van der Waals surface area contributed by atoms with Gasteiger partial charge in [0.2, 0.25) is 5.91 Å². The minimum atomic E-state index is -4.71. The summed E-state index contributed by atoms with van der Waals surface area (Å²) in [4.78, 5) is 11.6. The van der Waals surface area contributed by atoms with Crippen LogP contribution in [0.3, 0.4) is 0 Å². The molecule has 0 saturated carbocycles. The topological polar surface area (TPSA) is 56.2 Å². The molecule has 1 N–H and O–H groups in total. The van der Waals surface area contributed by atoms with Gasteiger partial charge >= 0.3 is 6.36 Å². The molecule has 5 nitrogen and oxygen atoms in total. The van der Waals surface area contributed by atoms with E-state index in [0.717, 1.165) is 0 Å². The second-order valence-electron chi connectivity index (χ2n) is 4.17. The van der Waals surface area contributed by atoms with Crippen molar-refractivity contribution in [2.75, 3.05) is 0 Å². The summed E-state index contributed by atoms with van der Waals surface area (Å²) in [6.45, 7) is 0.300. The summed E-state index contributed by atoms with van der Waals surface area (Å²) in [6.07, 6.45) is -1.49. The van der Waals surface area contributed by atoms with E-state index < -0.39 is 6.36 Å². The highest BCUT2D eigenvalue weighted by Gasteiger charge is 2.30. The molecule has 21 heavy (non-hydrogen) atoms. The average molecular weight is 299 g/mol. The zero-order valence-corrected chi connectivity index (χ0v) is 10.8. The summed E-state index contributed by atoms with van der Waals surface area (Å²) >= 11 is 0. The number of nitrogens with one attached hydrogen (secondary N) is 1. The molecule has 0 spiro atoms. The number of rotatable bonds is 5. The number of benzene rings is 1. The molecule has 1 aromatic heterocycles. The van der Waals surface area contributed by atoms with Gasteiger partial charge in [0, 0.05) is 18.9 Å². The van der Waals surface area contributed by atoms with Crippen LogP contribution in [0.2, 0.25) is 0 Å². The summed E-state index contributed by atoms with van der Waals surface area (Å²) in [5.74, 6) is -0.538. The smallest absolute Gasteiger partial charge is 0.406 e. The lowest BCUT2D eigenvalue weighted by Gasteiger charge is -2.09. The fourth-order valence-corrected chi connectivity index (χ4v) is 1.61. The zero-order valence-electron chi connectivity index (χ0n) is 10.8. The van der Waals surface area contributed by atoms with Crippen molar-refractivity contribution in [3.8, 4) is 5.75 Å². The van der Waals surface area contributed by atoms with Crippen LogP contribution < -0.4 is 10.1 Å². The highest BCUT2D eigenvalue weighted by Crippen LogP contribution is 2.22. The van der Waals surface area contributed by atoms with Crippen LogP contribution in [0.1, 0.15) is 5.56 Å². The van der Waals surface area contributed by atoms with Crippen LogP contribution in [0.4, 0.5) is 13.2 Å². The van der Waals surface area contributed by atoms with E-state index in [9.17, 15) is 18.0 Å². The third-order valence-electron chi connectivity index (χ3n) is 2.51. The first kappa shape index (κ1) is 14.9. The average Bonchev–Trinajstić information content (AvgIpc) is 2.89. The van der Waals surface area contributed by atoms with E-state index in [2.05, 4.69) is 15.2 Å². The second kappa shape index (κ2) is 6.29. The Labute approximate surface area is 118 Å². The van der Waals surface area contributed by atoms with E-state index in [1.165, 1.54) is 28.9 Å². The SMILES string of the molecule is O=C(Cn1cccn1)NCc1ccc(OC(F)(F)F)cc1. The van der Waals surface area contributed by atoms with Crippen LogP contribution in [-0.4, -0.2) is 22.1 Å². The maximum atomic E-state index is 12.0. The van der Waals surface area contributed by atoms with Crippen LogP contribution in [0, 0.1) is 0 Å². The summed E-state index contributed by atoms with van der Waals surface area (Å²) in [5, 5.41) is 6.53. The first-order valence-electron chi connectivity index (χ1n) is 6.01. The summed E-state index contributed by atoms with van der Waals surface area (Å²) in [6, 6.07) is 7.00. The van der Waals surface area contributed by atoms with E-state index in [1.54, 1.807) is 18.5 Å². The van der Waals surface area contributed by atoms with Crippen molar-refractivity contribution in [3.05, 3.63) is 48.3 Å². The predicted octanol–water partition coefficient (Wildman–Crippen LogP) is 2.10. The molecule has 0 atom stereocenters. The highest BCUT2D eigenvalue weighted by atomic mass is 19.4. The number of alkyl halides is 3. The van der Waals surface area contributed by atoms with Gasteiger partial charge in [-0.15, -0.1) is 13.2 Å². The number of halogens is 3. The molecular formula is C13H12F3N3O2. The van der Waals surface area contributed by atoms with Gasteiger partial charge in [0.1, 0.15) is 12.3 Å². The lowest BCUT2D eigenvalue weighted by Crippen LogP contribution is -2.27. The molecule has 1 heterocycles. The van der Waals surface area contributed by atoms with Crippen molar-refractivity contribution in [2.24, 2.45) is 0 Å². The van der Waals surface area contributed by atoms with Crippen LogP contribution >= 0.6 is 0 Å². The lowest BCUT2D eigenvalue weighted by molar-refractivity contribution is -0.274. The third kappa shape index (κ3) is 5.17. The Morgan fingerprint density at radius 2 is 2.00 bits per heavy atom. The van der Waals surface area contributed by atoms with E-state index in [0.29, 0.717) is 5.56 Å². The summed E-state index contributed by atoms with van der Waals surface area (Å²) in [5.41, 5.74) is 0.665. The summed E-state index contributed by atoms with van der Waals surface area (Å²) < 4.78 is 41.2. The van der Waals surface area contributed by atoms with E-state index in [4.69, 9.17) is 0 Å². The van der Waals surface area contributed by atoms with Crippen LogP contribution in [0.25, 0.3) is 0 Å². The van der Waals surface area contributed by atoms with E-state index in [-0.39, 0.29) is 24.7 Å². The molecule has 112 valence electrons. The number of aromatic nitrogens is 2. The second-order valence-corrected chi connectivity index (χ2v) is 4.17. The molecular weight excluding hydrogens is 287 g/mol. The number of amides is 1. The standard InChI is InChI=1S/C13H12F3N3O2/c14-13(15,16)21-11-4-2-10(3-5-11)8-17-12(20)9-19-7-1-6-18-19/h1-7H,8-9H2,(H,17,20). The largest absolute Gasteiger partial charge is 0.573 e. The van der Waals surface area contributed by atoms with Crippen LogP contribution in [0.15, 0.2) is 42.7 Å². The summed E-state index contributed by atoms with van der Waals surface area (Å²) in [7, 11) is 0. The van der Waals surface area contributed by atoms with Gasteiger partial charge in [0.25, 0.3) is 0 Å². The van der Waals surface area contributed by atoms with Crippen molar-refractivity contribution in [1.29, 1.82) is 0 Å². The quantitative estimate of drug-likeness (QED) is 0.920. The molecule has 0 aliphatic carbocycles. The predicted molar refractivity (Wildman–Crippen MR) is 67.2 cm³/mol. The fourth-order valence-electron chi connectivity index (χ4n) is 1.61. The zero-order chi connectivity index (χ0) is 15.3. The Bertz CT molecular complexity index is 580. The molecule has 0 unspecified atom stereocenters. The van der Waals surface area contributed by atoms with Gasteiger partial charge in [0.05, 0.1) is 0 Å². The van der Waals surface area contributed by atoms with Crippen LogP contribution in [0.5, 0.6) is 5.75 Å². The highest BCUT2D eigenvalue weighted by molar-refractivity contribution is 5.75. The minimum absolute atomic E-state index is 0.0856. The Morgan fingerprint density at radius 3 is 2.57 bits per heavy atom. The Hall–Kier alpha value is -2.51. The third-order valence-corrected chi connectivity index (χ3v) is 2.51. The normalized spacial score (nSPS) is 11.2. The van der Waals surface area contributed by atoms with Gasteiger partial charge in [-0.2, -0.15) is 5.10 Å². The number of hydrogen-bond acceptors (Lipinski definition) is 3. The number of carbonyl (C=O) groups excluding carboxylic acids is 1. The molecule has 0 saturated heterocycles. The molecule has 2 aromatic rings. The molecule has 0 radical (unpaired) electrons. The van der Waals surface area contributed by atoms with Crippen molar-refractivity contribution in [1.82, 2.24) is 15.1 Å². The van der Waals surface area contributed by atoms with Crippen molar-refractivity contribution in [2.45, 2.75) is 19.5 Å². The van der Waals surface area contributed by atoms with Gasteiger partial charge in [-0.1, -0.05) is 12.1 Å². The number of hydrogen-bond donors (Lipinski definition) is 1. The number of nitrogens with zero attached hydrogens (tertiary/aromatic N) is 2. The van der Waals surface area contributed by atoms with Gasteiger partial charge in [-0.25, -0.2) is 0 Å². The first-order chi connectivity index (χ1) is 9.92. The van der Waals surface area contributed by atoms with E-state index >= 15 is 0 Å². The molecule has 1 aromatic carbocycles. The number of ether oxygens (including phenoxy) is 1. The van der Waals surface area contributed by atoms with Crippen LogP contribution in [-0.2, 0) is 17.9 Å². The monoisotopic (exact) mass is 299 g/mol. The van der Waals surface area contributed by atoms with E-state index in [1.807, 2.05) is 0 Å². The molecule has 0 aliphatic rings. The molecule has 0 bridgehead atoms. The van der Waals surface area contributed by atoms with Gasteiger partial charge < -0.3 is 10.1 Å². The van der Waals surface area contributed by atoms with Crippen molar-refractivity contribution in [3.63, 3.8) is 0 Å². The maximum absolute atomic E-state index is 12.0. The Morgan fingerprint density at radius 1 is 1.29 bits per heavy atom. The molecule has 0 fully saturated rings. The van der Waals surface area contributed by atoms with Gasteiger partial charge in [0.15, 0.2) is 0 Å². The van der Waals surface area contributed by atoms with Crippen molar-refractivity contribution < 1.29 is 22.7 Å². The molecule has 2 rings (SSSR count). The molecule has 1 amide bonds. The van der Waals surface area contributed by atoms with Crippen molar-refractivity contribution >= 4 is 5.91 Å². The Balaban J connectivity index is 1.82. The first-order valence-corrected chi connectivity index (χ1v) is 6.01. The molecule has 0 aliphatic heterocycles.